The lowest BCUT2D eigenvalue weighted by atomic mass is 9.98. The molecule has 0 radical (unpaired) electrons. The number of nitrogens with zero attached hydrogens (tertiary/aromatic N) is 1. The normalized spacial score (nSPS) is 21.2. The number of halogens is 2. The zero-order valence-electron chi connectivity index (χ0n) is 12.0. The molecule has 1 unspecified atom stereocenters. The van der Waals surface area contributed by atoms with Gasteiger partial charge in [0.2, 0.25) is 10.0 Å². The summed E-state index contributed by atoms with van der Waals surface area (Å²) in [6, 6.07) is 2.30. The lowest BCUT2D eigenvalue weighted by Crippen LogP contribution is -2.32. The highest BCUT2D eigenvalue weighted by Gasteiger charge is 2.29. The fraction of sp³-hybridized carbons (Fsp3) is 0.571. The van der Waals surface area contributed by atoms with Crippen molar-refractivity contribution in [2.45, 2.75) is 37.5 Å². The second-order valence-electron chi connectivity index (χ2n) is 5.41. The van der Waals surface area contributed by atoms with Gasteiger partial charge >= 0.3 is 0 Å². The number of rotatable bonds is 3. The van der Waals surface area contributed by atoms with E-state index in [1.165, 1.54) is 10.4 Å². The minimum Gasteiger partial charge on any atom is -0.396 e. The summed E-state index contributed by atoms with van der Waals surface area (Å²) in [5.41, 5.74) is 5.36. The van der Waals surface area contributed by atoms with Gasteiger partial charge in [0.05, 0.1) is 10.6 Å². The van der Waals surface area contributed by atoms with E-state index in [9.17, 15) is 12.8 Å². The van der Waals surface area contributed by atoms with Crippen molar-refractivity contribution < 1.29 is 12.8 Å². The molecule has 0 aliphatic carbocycles. The van der Waals surface area contributed by atoms with Crippen LogP contribution in [0, 0.1) is 11.7 Å². The second-order valence-corrected chi connectivity index (χ2v) is 8.17. The molecular weight excluding hydrogens is 359 g/mol. The average Bonchev–Trinajstić information content (AvgIpc) is 2.68. The Kier molecular flexibility index (Phi) is 5.27. The third-order valence-electron chi connectivity index (χ3n) is 4.05. The highest BCUT2D eigenvalue weighted by Crippen LogP contribution is 2.31. The molecule has 118 valence electrons. The van der Waals surface area contributed by atoms with Gasteiger partial charge in [-0.3, -0.25) is 0 Å². The molecule has 0 spiro atoms. The van der Waals surface area contributed by atoms with Gasteiger partial charge in [0.15, 0.2) is 0 Å². The first kappa shape index (κ1) is 16.7. The van der Waals surface area contributed by atoms with E-state index in [0.717, 1.165) is 31.7 Å². The number of benzene rings is 1. The van der Waals surface area contributed by atoms with Crippen molar-refractivity contribution >= 4 is 31.6 Å². The maximum atomic E-state index is 13.4. The topological polar surface area (TPSA) is 63.4 Å². The summed E-state index contributed by atoms with van der Waals surface area (Å²) < 4.78 is 40.6. The molecule has 7 heteroatoms. The first-order valence-corrected chi connectivity index (χ1v) is 9.34. The van der Waals surface area contributed by atoms with Gasteiger partial charge in [-0.05, 0) is 53.2 Å². The Morgan fingerprint density at radius 2 is 2.10 bits per heavy atom. The monoisotopic (exact) mass is 378 g/mol. The van der Waals surface area contributed by atoms with E-state index in [4.69, 9.17) is 5.73 Å². The van der Waals surface area contributed by atoms with Gasteiger partial charge in [0, 0.05) is 17.6 Å². The summed E-state index contributed by atoms with van der Waals surface area (Å²) in [5, 5.41) is 0. The van der Waals surface area contributed by atoms with Crippen LogP contribution in [0.5, 0.6) is 0 Å². The fourth-order valence-corrected chi connectivity index (χ4v) is 5.17. The number of sulfonamides is 1. The third-order valence-corrected chi connectivity index (χ3v) is 6.91. The molecule has 1 aromatic rings. The first-order chi connectivity index (χ1) is 9.86. The molecule has 1 aliphatic heterocycles. The summed E-state index contributed by atoms with van der Waals surface area (Å²) in [5.74, 6) is -0.0466. The number of nitrogen functional groups attached to an aromatic ring is 1. The fourth-order valence-electron chi connectivity index (χ4n) is 2.67. The van der Waals surface area contributed by atoms with E-state index in [1.807, 2.05) is 0 Å². The van der Waals surface area contributed by atoms with E-state index in [1.54, 1.807) is 0 Å². The van der Waals surface area contributed by atoms with Gasteiger partial charge in [-0.1, -0.05) is 13.3 Å². The van der Waals surface area contributed by atoms with Crippen molar-refractivity contribution in [3.8, 4) is 0 Å². The molecule has 2 rings (SSSR count). The van der Waals surface area contributed by atoms with Crippen LogP contribution in [0.4, 0.5) is 10.1 Å². The van der Waals surface area contributed by atoms with Crippen LogP contribution in [0.15, 0.2) is 21.5 Å². The van der Waals surface area contributed by atoms with Gasteiger partial charge in [-0.25, -0.2) is 12.8 Å². The van der Waals surface area contributed by atoms with Crippen molar-refractivity contribution in [3.05, 3.63) is 22.4 Å². The van der Waals surface area contributed by atoms with Crippen LogP contribution in [0.3, 0.4) is 0 Å². The molecule has 1 aromatic carbocycles. The number of hydrogen-bond donors (Lipinski definition) is 1. The van der Waals surface area contributed by atoms with Crippen LogP contribution >= 0.6 is 15.9 Å². The summed E-state index contributed by atoms with van der Waals surface area (Å²) in [6.07, 6.45) is 3.84. The second kappa shape index (κ2) is 6.62. The summed E-state index contributed by atoms with van der Waals surface area (Å²) in [4.78, 5) is 0.0383. The largest absolute Gasteiger partial charge is 0.396 e. The van der Waals surface area contributed by atoms with Crippen LogP contribution in [0.2, 0.25) is 0 Å². The Bertz CT molecular complexity index is 622. The van der Waals surface area contributed by atoms with E-state index >= 15 is 0 Å². The minimum atomic E-state index is -3.65. The Morgan fingerprint density at radius 1 is 1.38 bits per heavy atom. The Morgan fingerprint density at radius 3 is 2.76 bits per heavy atom. The van der Waals surface area contributed by atoms with Gasteiger partial charge < -0.3 is 5.73 Å². The lowest BCUT2D eigenvalue weighted by molar-refractivity contribution is 0.407. The minimum absolute atomic E-state index is 0.0383. The number of nitrogens with two attached hydrogens (primary N) is 1. The van der Waals surface area contributed by atoms with Crippen LogP contribution in [0.25, 0.3) is 0 Å². The Balaban J connectivity index is 2.32. The summed E-state index contributed by atoms with van der Waals surface area (Å²) >= 11 is 3.13. The third kappa shape index (κ3) is 3.57. The van der Waals surface area contributed by atoms with E-state index < -0.39 is 15.8 Å². The number of anilines is 1. The molecule has 2 N–H and O–H groups in total. The standard InChI is InChI=1S/C14H20BrFN2O2S/c1-2-10-4-3-6-18(7-5-10)21(19,20)14-9-13(17)12(16)8-11(14)15/h8-10H,2-7,17H2,1H3. The van der Waals surface area contributed by atoms with Crippen LogP contribution < -0.4 is 5.73 Å². The molecule has 0 amide bonds. The molecule has 1 fully saturated rings. The molecule has 21 heavy (non-hydrogen) atoms. The molecule has 4 nitrogen and oxygen atoms in total. The van der Waals surface area contributed by atoms with E-state index in [0.29, 0.717) is 19.0 Å². The Labute approximate surface area is 133 Å². The molecular formula is C14H20BrFN2O2S. The molecule has 0 bridgehead atoms. The smallest absolute Gasteiger partial charge is 0.244 e. The Hall–Kier alpha value is -0.660. The maximum absolute atomic E-state index is 13.4. The van der Waals surface area contributed by atoms with Crippen molar-refractivity contribution in [1.29, 1.82) is 0 Å². The molecule has 1 aliphatic rings. The molecule has 1 atom stereocenters. The van der Waals surface area contributed by atoms with Crippen molar-refractivity contribution in [2.75, 3.05) is 18.8 Å². The summed E-state index contributed by atoms with van der Waals surface area (Å²) in [6.45, 7) is 3.14. The van der Waals surface area contributed by atoms with Crippen molar-refractivity contribution in [3.63, 3.8) is 0 Å². The first-order valence-electron chi connectivity index (χ1n) is 7.11. The maximum Gasteiger partial charge on any atom is 0.244 e. The van der Waals surface area contributed by atoms with Gasteiger partial charge in [0.25, 0.3) is 0 Å². The van der Waals surface area contributed by atoms with Gasteiger partial charge in [0.1, 0.15) is 5.82 Å². The SMILES string of the molecule is CCC1CCCN(S(=O)(=O)c2cc(N)c(F)cc2Br)CC1. The quantitative estimate of drug-likeness (QED) is 0.819. The number of hydrogen-bond acceptors (Lipinski definition) is 3. The van der Waals surface area contributed by atoms with E-state index in [-0.39, 0.29) is 15.1 Å². The zero-order valence-corrected chi connectivity index (χ0v) is 14.4. The predicted octanol–water partition coefficient (Wildman–Crippen LogP) is 3.37. The molecule has 1 heterocycles. The average molecular weight is 379 g/mol. The highest BCUT2D eigenvalue weighted by atomic mass is 79.9. The van der Waals surface area contributed by atoms with Gasteiger partial charge in [-0.15, -0.1) is 0 Å². The van der Waals surface area contributed by atoms with Crippen molar-refractivity contribution in [2.24, 2.45) is 5.92 Å². The van der Waals surface area contributed by atoms with E-state index in [2.05, 4.69) is 22.9 Å². The van der Waals surface area contributed by atoms with Crippen LogP contribution in [-0.4, -0.2) is 25.8 Å². The highest BCUT2D eigenvalue weighted by molar-refractivity contribution is 9.10. The van der Waals surface area contributed by atoms with Crippen LogP contribution in [-0.2, 0) is 10.0 Å². The van der Waals surface area contributed by atoms with Crippen LogP contribution in [0.1, 0.15) is 32.6 Å². The molecule has 0 aromatic heterocycles. The zero-order chi connectivity index (χ0) is 15.6. The van der Waals surface area contributed by atoms with Crippen molar-refractivity contribution in [1.82, 2.24) is 4.31 Å². The lowest BCUT2D eigenvalue weighted by Gasteiger charge is -2.21. The molecule has 1 saturated heterocycles. The van der Waals surface area contributed by atoms with Gasteiger partial charge in [-0.2, -0.15) is 4.31 Å². The predicted molar refractivity (Wildman–Crippen MR) is 84.9 cm³/mol. The molecule has 0 saturated carbocycles. The summed E-state index contributed by atoms with van der Waals surface area (Å²) in [7, 11) is -3.65.